The zero-order valence-corrected chi connectivity index (χ0v) is 18.3. The third kappa shape index (κ3) is 3.68. The number of nitrogens with one attached hydrogen (secondary N) is 1. The molecular weight excluding hydrogens is 424 g/mol. The minimum Gasteiger partial charge on any atom is -0.347 e. The molecule has 5 heteroatoms. The minimum atomic E-state index is -2.21. The first kappa shape index (κ1) is 21.4. The predicted molar refractivity (Wildman–Crippen MR) is 133 cm³/mol. The summed E-state index contributed by atoms with van der Waals surface area (Å²) in [5.41, 5.74) is 2.39. The van der Waals surface area contributed by atoms with Gasteiger partial charge in [-0.3, -0.25) is 14.5 Å². The van der Waals surface area contributed by atoms with Crippen LogP contribution in [0.15, 0.2) is 127 Å². The topological polar surface area (TPSA) is 69.6 Å². The van der Waals surface area contributed by atoms with Gasteiger partial charge in [-0.1, -0.05) is 97.1 Å². The number of rotatable bonds is 6. The summed E-state index contributed by atoms with van der Waals surface area (Å²) in [7, 11) is 0. The highest BCUT2D eigenvalue weighted by Crippen LogP contribution is 2.43. The van der Waals surface area contributed by atoms with E-state index < -0.39 is 17.4 Å². The molecule has 2 N–H and O–H groups in total. The highest BCUT2D eigenvalue weighted by Gasteiger charge is 2.55. The Morgan fingerprint density at radius 2 is 1.21 bits per heavy atom. The number of Topliss-reactive ketones (excluding diaryl/α,β-unsaturated/α-hetero) is 2. The van der Waals surface area contributed by atoms with Gasteiger partial charge in [-0.2, -0.15) is 0 Å². The second-order valence-corrected chi connectivity index (χ2v) is 7.95. The summed E-state index contributed by atoms with van der Waals surface area (Å²) in [6.45, 7) is 0. The Hall–Kier alpha value is -4.48. The van der Waals surface area contributed by atoms with Gasteiger partial charge in [0.2, 0.25) is 5.78 Å². The van der Waals surface area contributed by atoms with Crippen LogP contribution in [0.2, 0.25) is 0 Å². The van der Waals surface area contributed by atoms with Crippen molar-refractivity contribution in [2.75, 3.05) is 10.2 Å². The normalized spacial score (nSPS) is 17.7. The highest BCUT2D eigenvalue weighted by atomic mass is 16.3. The quantitative estimate of drug-likeness (QED) is 0.244. The van der Waals surface area contributed by atoms with Crippen LogP contribution in [-0.2, 0) is 4.79 Å². The van der Waals surface area contributed by atoms with Crippen molar-refractivity contribution in [3.05, 3.63) is 138 Å². The number of benzene rings is 4. The van der Waals surface area contributed by atoms with Gasteiger partial charge in [0.25, 0.3) is 5.85 Å². The molecule has 0 bridgehead atoms. The molecule has 0 spiro atoms. The number of ketones is 2. The summed E-state index contributed by atoms with van der Waals surface area (Å²) in [6, 6.07) is 35.9. The van der Waals surface area contributed by atoms with Gasteiger partial charge in [0.1, 0.15) is 0 Å². The molecule has 4 aromatic rings. The van der Waals surface area contributed by atoms with Crippen LogP contribution in [0, 0.1) is 0 Å². The average molecular weight is 447 g/mol. The van der Waals surface area contributed by atoms with Gasteiger partial charge in [-0.15, -0.1) is 0 Å². The fourth-order valence-electron chi connectivity index (χ4n) is 4.20. The SMILES string of the molecule is O=C(C1=C(c2ccccc2)N(c2ccccc2)[C@](O)(Nc2ccccc2)C1=O)c1ccccc1. The van der Waals surface area contributed by atoms with Crippen molar-refractivity contribution in [3.63, 3.8) is 0 Å². The van der Waals surface area contributed by atoms with Crippen LogP contribution in [0.25, 0.3) is 5.70 Å². The Kier molecular flexibility index (Phi) is 5.54. The molecule has 0 saturated heterocycles. The van der Waals surface area contributed by atoms with E-state index in [9.17, 15) is 14.7 Å². The summed E-state index contributed by atoms with van der Waals surface area (Å²) in [4.78, 5) is 29.2. The molecule has 0 saturated carbocycles. The second-order valence-electron chi connectivity index (χ2n) is 7.95. The van der Waals surface area contributed by atoms with Crippen LogP contribution in [0.4, 0.5) is 11.4 Å². The van der Waals surface area contributed by atoms with Crippen LogP contribution in [-0.4, -0.2) is 22.5 Å². The van der Waals surface area contributed by atoms with Crippen molar-refractivity contribution < 1.29 is 14.7 Å². The van der Waals surface area contributed by atoms with Crippen molar-refractivity contribution in [2.45, 2.75) is 5.85 Å². The van der Waals surface area contributed by atoms with Gasteiger partial charge < -0.3 is 10.4 Å². The van der Waals surface area contributed by atoms with Gasteiger partial charge in [-0.25, -0.2) is 0 Å². The van der Waals surface area contributed by atoms with Crippen LogP contribution in [0.3, 0.4) is 0 Å². The molecule has 0 aliphatic carbocycles. The molecule has 5 rings (SSSR count). The van der Waals surface area contributed by atoms with E-state index in [1.165, 1.54) is 4.90 Å². The largest absolute Gasteiger partial charge is 0.347 e. The minimum absolute atomic E-state index is 0.0767. The maximum absolute atomic E-state index is 14.0. The van der Waals surface area contributed by atoms with Crippen LogP contribution >= 0.6 is 0 Å². The molecule has 0 aromatic heterocycles. The number of para-hydroxylation sites is 2. The van der Waals surface area contributed by atoms with E-state index in [4.69, 9.17) is 0 Å². The van der Waals surface area contributed by atoms with E-state index in [1.807, 2.05) is 60.7 Å². The van der Waals surface area contributed by atoms with Crippen molar-refractivity contribution in [3.8, 4) is 0 Å². The Labute approximate surface area is 197 Å². The first-order chi connectivity index (χ1) is 16.6. The van der Waals surface area contributed by atoms with Gasteiger partial charge in [0, 0.05) is 16.9 Å². The maximum Gasteiger partial charge on any atom is 0.288 e. The summed E-state index contributed by atoms with van der Waals surface area (Å²) in [5, 5.41) is 15.0. The van der Waals surface area contributed by atoms with Gasteiger partial charge in [-0.05, 0) is 29.8 Å². The lowest BCUT2D eigenvalue weighted by molar-refractivity contribution is -0.128. The monoisotopic (exact) mass is 446 g/mol. The fourth-order valence-corrected chi connectivity index (χ4v) is 4.20. The Bertz CT molecular complexity index is 1350. The molecule has 4 aromatic carbocycles. The summed E-state index contributed by atoms with van der Waals surface area (Å²) in [5.74, 6) is -3.38. The maximum atomic E-state index is 14.0. The summed E-state index contributed by atoms with van der Waals surface area (Å²) < 4.78 is 0. The Balaban J connectivity index is 1.76. The zero-order chi connectivity index (χ0) is 23.5. The number of anilines is 2. The third-order valence-electron chi connectivity index (χ3n) is 5.74. The number of hydrogen-bond acceptors (Lipinski definition) is 5. The molecule has 1 heterocycles. The van der Waals surface area contributed by atoms with Crippen molar-refractivity contribution in [1.82, 2.24) is 0 Å². The standard InChI is InChI=1S/C29H22N2O3/c32-27(22-15-7-2-8-16-22)25-26(21-13-5-1-6-14-21)31(24-19-11-4-12-20-24)29(34,28(25)33)30-23-17-9-3-10-18-23/h1-20,30,34H/t29-/m1/s1. The average Bonchev–Trinajstić information content (AvgIpc) is 3.12. The lowest BCUT2D eigenvalue weighted by atomic mass is 9.96. The molecule has 1 atom stereocenters. The molecule has 166 valence electrons. The Morgan fingerprint density at radius 3 is 1.79 bits per heavy atom. The third-order valence-corrected chi connectivity index (χ3v) is 5.74. The fraction of sp³-hybridized carbons (Fsp3) is 0.0345. The number of carbonyl (C=O) groups excluding carboxylic acids is 2. The van der Waals surface area contributed by atoms with E-state index >= 15 is 0 Å². The van der Waals surface area contributed by atoms with E-state index in [1.54, 1.807) is 60.7 Å². The Morgan fingerprint density at radius 1 is 0.706 bits per heavy atom. The predicted octanol–water partition coefficient (Wildman–Crippen LogP) is 5.13. The zero-order valence-electron chi connectivity index (χ0n) is 18.3. The second kappa shape index (κ2) is 8.81. The molecule has 0 unspecified atom stereocenters. The van der Waals surface area contributed by atoms with E-state index in [-0.39, 0.29) is 5.57 Å². The van der Waals surface area contributed by atoms with Crippen molar-refractivity contribution >= 4 is 28.6 Å². The summed E-state index contributed by atoms with van der Waals surface area (Å²) >= 11 is 0. The van der Waals surface area contributed by atoms with E-state index in [2.05, 4.69) is 5.32 Å². The van der Waals surface area contributed by atoms with Crippen LogP contribution < -0.4 is 10.2 Å². The molecule has 0 fully saturated rings. The lowest BCUT2D eigenvalue weighted by Gasteiger charge is -2.36. The molecule has 0 amide bonds. The first-order valence-corrected chi connectivity index (χ1v) is 10.9. The van der Waals surface area contributed by atoms with Gasteiger partial charge in [0.15, 0.2) is 5.78 Å². The smallest absolute Gasteiger partial charge is 0.288 e. The number of nitrogens with zero attached hydrogens (tertiary/aromatic N) is 1. The first-order valence-electron chi connectivity index (χ1n) is 10.9. The van der Waals surface area contributed by atoms with E-state index in [0.717, 1.165) is 0 Å². The molecule has 1 aliphatic heterocycles. The molecule has 1 aliphatic rings. The van der Waals surface area contributed by atoms with Crippen LogP contribution in [0.5, 0.6) is 0 Å². The highest BCUT2D eigenvalue weighted by molar-refractivity contribution is 6.37. The van der Waals surface area contributed by atoms with Gasteiger partial charge in [0.05, 0.1) is 11.3 Å². The number of carbonyl (C=O) groups is 2. The molecule has 34 heavy (non-hydrogen) atoms. The van der Waals surface area contributed by atoms with Gasteiger partial charge >= 0.3 is 0 Å². The number of hydrogen-bond donors (Lipinski definition) is 2. The molecule has 5 nitrogen and oxygen atoms in total. The molecule has 0 radical (unpaired) electrons. The molecular formula is C29H22N2O3. The van der Waals surface area contributed by atoms with Crippen LogP contribution in [0.1, 0.15) is 15.9 Å². The van der Waals surface area contributed by atoms with Crippen molar-refractivity contribution in [1.29, 1.82) is 0 Å². The number of aliphatic hydroxyl groups is 1. The van der Waals surface area contributed by atoms with Crippen molar-refractivity contribution in [2.24, 2.45) is 0 Å². The summed E-state index contributed by atoms with van der Waals surface area (Å²) in [6.07, 6.45) is 0. The lowest BCUT2D eigenvalue weighted by Crippen LogP contribution is -2.56. The van der Waals surface area contributed by atoms with E-state index in [0.29, 0.717) is 28.2 Å².